The zero-order valence-corrected chi connectivity index (χ0v) is 8.29. The third kappa shape index (κ3) is 1.21. The van der Waals surface area contributed by atoms with Crippen LogP contribution in [-0.4, -0.2) is 28.7 Å². The van der Waals surface area contributed by atoms with E-state index < -0.39 is 0 Å². The highest BCUT2D eigenvalue weighted by Crippen LogP contribution is 2.39. The van der Waals surface area contributed by atoms with Gasteiger partial charge in [0.25, 0.3) is 0 Å². The van der Waals surface area contributed by atoms with E-state index in [1.165, 1.54) is 0 Å². The normalized spacial score (nSPS) is 28.0. The van der Waals surface area contributed by atoms with Crippen LogP contribution in [0.3, 0.4) is 0 Å². The molecule has 6 nitrogen and oxygen atoms in total. The molecule has 80 valence electrons. The van der Waals surface area contributed by atoms with Crippen molar-refractivity contribution in [2.24, 2.45) is 0 Å². The number of aromatic nitrogens is 2. The second kappa shape index (κ2) is 2.73. The van der Waals surface area contributed by atoms with Crippen molar-refractivity contribution in [1.82, 2.24) is 15.3 Å². The maximum atomic E-state index is 5.84. The number of nitrogens with one attached hydrogen (secondary N) is 1. The molecule has 2 aliphatic rings. The minimum Gasteiger partial charge on any atom is -0.469 e. The fourth-order valence-corrected chi connectivity index (χ4v) is 2.27. The number of hydrogen-bond donors (Lipinski definition) is 3. The Morgan fingerprint density at radius 1 is 1.33 bits per heavy atom. The van der Waals surface area contributed by atoms with Gasteiger partial charge in [-0.05, 0) is 6.54 Å². The molecule has 0 bridgehead atoms. The number of fused-ring (bicyclic) bond motifs is 1. The standard InChI is InChI=1S/C9H13N5O/c10-6-5-3-9(1-2-12-4-9)15-7(5)14-8(11)13-6/h12H,1-4H2,(H4,10,11,13,14)/t9-/m0/s1. The van der Waals surface area contributed by atoms with Crippen LogP contribution < -0.4 is 21.5 Å². The zero-order valence-electron chi connectivity index (χ0n) is 8.29. The molecule has 5 N–H and O–H groups in total. The lowest BCUT2D eigenvalue weighted by Crippen LogP contribution is -2.36. The average molecular weight is 207 g/mol. The minimum absolute atomic E-state index is 0.168. The van der Waals surface area contributed by atoms with Gasteiger partial charge in [-0.15, -0.1) is 0 Å². The summed E-state index contributed by atoms with van der Waals surface area (Å²) in [5.74, 6) is 1.18. The smallest absolute Gasteiger partial charge is 0.225 e. The third-order valence-electron chi connectivity index (χ3n) is 3.04. The Morgan fingerprint density at radius 3 is 2.93 bits per heavy atom. The van der Waals surface area contributed by atoms with Crippen LogP contribution in [0.15, 0.2) is 0 Å². The maximum Gasteiger partial charge on any atom is 0.225 e. The highest BCUT2D eigenvalue weighted by atomic mass is 16.5. The van der Waals surface area contributed by atoms with Gasteiger partial charge >= 0.3 is 0 Å². The van der Waals surface area contributed by atoms with Gasteiger partial charge in [0.05, 0.1) is 5.56 Å². The summed E-state index contributed by atoms with van der Waals surface area (Å²) in [5.41, 5.74) is 12.0. The molecule has 3 rings (SSSR count). The lowest BCUT2D eigenvalue weighted by atomic mass is 9.97. The van der Waals surface area contributed by atoms with Gasteiger partial charge in [0.1, 0.15) is 11.4 Å². The molecule has 1 atom stereocenters. The summed E-state index contributed by atoms with van der Waals surface area (Å²) in [5, 5.41) is 3.28. The Morgan fingerprint density at radius 2 is 2.20 bits per heavy atom. The van der Waals surface area contributed by atoms with Crippen LogP contribution in [0.1, 0.15) is 12.0 Å². The molecular formula is C9H13N5O. The van der Waals surface area contributed by atoms with E-state index in [0.29, 0.717) is 11.7 Å². The zero-order chi connectivity index (χ0) is 10.5. The van der Waals surface area contributed by atoms with E-state index in [9.17, 15) is 0 Å². The van der Waals surface area contributed by atoms with Crippen LogP contribution in [0.25, 0.3) is 0 Å². The average Bonchev–Trinajstić information content (AvgIpc) is 2.74. The van der Waals surface area contributed by atoms with Gasteiger partial charge in [-0.1, -0.05) is 0 Å². The van der Waals surface area contributed by atoms with Crippen molar-refractivity contribution in [2.75, 3.05) is 24.6 Å². The largest absolute Gasteiger partial charge is 0.469 e. The molecule has 15 heavy (non-hydrogen) atoms. The number of nitrogens with zero attached hydrogens (tertiary/aromatic N) is 2. The molecule has 2 aliphatic heterocycles. The number of rotatable bonds is 0. The van der Waals surface area contributed by atoms with Crippen LogP contribution in [0.4, 0.5) is 11.8 Å². The fourth-order valence-electron chi connectivity index (χ4n) is 2.27. The summed E-state index contributed by atoms with van der Waals surface area (Å²) in [7, 11) is 0. The molecule has 6 heteroatoms. The molecule has 1 saturated heterocycles. The molecule has 0 saturated carbocycles. The van der Waals surface area contributed by atoms with Gasteiger partial charge in [0, 0.05) is 19.4 Å². The van der Waals surface area contributed by atoms with E-state index >= 15 is 0 Å². The second-order valence-corrected chi connectivity index (χ2v) is 4.14. The second-order valence-electron chi connectivity index (χ2n) is 4.14. The monoisotopic (exact) mass is 207 g/mol. The van der Waals surface area contributed by atoms with E-state index in [-0.39, 0.29) is 11.5 Å². The molecule has 0 aromatic carbocycles. The number of ether oxygens (including phenoxy) is 1. The van der Waals surface area contributed by atoms with Gasteiger partial charge in [-0.2, -0.15) is 9.97 Å². The molecule has 0 aliphatic carbocycles. The first-order valence-corrected chi connectivity index (χ1v) is 5.00. The van der Waals surface area contributed by atoms with Crippen LogP contribution in [0.2, 0.25) is 0 Å². The van der Waals surface area contributed by atoms with Crippen molar-refractivity contribution < 1.29 is 4.74 Å². The maximum absolute atomic E-state index is 5.84. The summed E-state index contributed by atoms with van der Waals surface area (Å²) in [6.07, 6.45) is 1.75. The van der Waals surface area contributed by atoms with Gasteiger partial charge in [0.15, 0.2) is 0 Å². The highest BCUT2D eigenvalue weighted by molar-refractivity contribution is 5.52. The van der Waals surface area contributed by atoms with Crippen molar-refractivity contribution >= 4 is 11.8 Å². The number of nitrogens with two attached hydrogens (primary N) is 2. The van der Waals surface area contributed by atoms with E-state index in [4.69, 9.17) is 16.2 Å². The summed E-state index contributed by atoms with van der Waals surface area (Å²) >= 11 is 0. The SMILES string of the molecule is Nc1nc(N)c2c(n1)O[C@@]1(CCNC1)C2. The van der Waals surface area contributed by atoms with Crippen molar-refractivity contribution in [1.29, 1.82) is 0 Å². The molecular weight excluding hydrogens is 194 g/mol. The number of anilines is 2. The van der Waals surface area contributed by atoms with E-state index in [0.717, 1.165) is 31.5 Å². The Balaban J connectivity index is 2.02. The Bertz CT molecular complexity index is 413. The fraction of sp³-hybridized carbons (Fsp3) is 0.556. The van der Waals surface area contributed by atoms with Crippen LogP contribution in [0.5, 0.6) is 5.88 Å². The molecule has 1 fully saturated rings. The van der Waals surface area contributed by atoms with Crippen molar-refractivity contribution in [3.05, 3.63) is 5.56 Å². The summed E-state index contributed by atoms with van der Waals surface area (Å²) in [4.78, 5) is 8.01. The predicted octanol–water partition coefficient (Wildman–Crippen LogP) is -0.692. The highest BCUT2D eigenvalue weighted by Gasteiger charge is 2.44. The molecule has 0 radical (unpaired) electrons. The van der Waals surface area contributed by atoms with E-state index in [1.54, 1.807) is 0 Å². The number of hydrogen-bond acceptors (Lipinski definition) is 6. The third-order valence-corrected chi connectivity index (χ3v) is 3.04. The van der Waals surface area contributed by atoms with Crippen molar-refractivity contribution in [3.63, 3.8) is 0 Å². The first kappa shape index (κ1) is 8.72. The van der Waals surface area contributed by atoms with E-state index in [1.807, 2.05) is 0 Å². The summed E-state index contributed by atoms with van der Waals surface area (Å²) in [6, 6.07) is 0. The Labute approximate surface area is 87.0 Å². The molecule has 3 heterocycles. The quantitative estimate of drug-likeness (QED) is 0.520. The van der Waals surface area contributed by atoms with Gasteiger partial charge < -0.3 is 21.5 Å². The van der Waals surface area contributed by atoms with Crippen molar-refractivity contribution in [3.8, 4) is 5.88 Å². The lowest BCUT2D eigenvalue weighted by Gasteiger charge is -2.20. The molecule has 1 aromatic heterocycles. The van der Waals surface area contributed by atoms with Gasteiger partial charge in [-0.25, -0.2) is 0 Å². The molecule has 0 amide bonds. The van der Waals surface area contributed by atoms with Gasteiger partial charge in [0.2, 0.25) is 11.8 Å². The van der Waals surface area contributed by atoms with Crippen LogP contribution in [-0.2, 0) is 6.42 Å². The Kier molecular flexibility index (Phi) is 1.59. The van der Waals surface area contributed by atoms with Crippen LogP contribution in [0, 0.1) is 0 Å². The molecule has 0 unspecified atom stereocenters. The van der Waals surface area contributed by atoms with Gasteiger partial charge in [-0.3, -0.25) is 0 Å². The molecule has 1 spiro atoms. The summed E-state index contributed by atoms with van der Waals surface area (Å²) < 4.78 is 5.84. The molecule has 1 aromatic rings. The Hall–Kier alpha value is -1.56. The first-order valence-electron chi connectivity index (χ1n) is 5.00. The lowest BCUT2D eigenvalue weighted by molar-refractivity contribution is 0.113. The van der Waals surface area contributed by atoms with E-state index in [2.05, 4.69) is 15.3 Å². The summed E-state index contributed by atoms with van der Waals surface area (Å²) in [6.45, 7) is 1.81. The van der Waals surface area contributed by atoms with Crippen molar-refractivity contribution in [2.45, 2.75) is 18.4 Å². The van der Waals surface area contributed by atoms with Crippen LogP contribution >= 0.6 is 0 Å². The topological polar surface area (TPSA) is 99.1 Å². The minimum atomic E-state index is -0.168. The first-order chi connectivity index (χ1) is 7.19. The predicted molar refractivity (Wildman–Crippen MR) is 55.4 cm³/mol. The number of nitrogen functional groups attached to an aromatic ring is 2.